The average molecular weight is 489 g/mol. The van der Waals surface area contributed by atoms with Crippen LogP contribution in [0, 0.1) is 6.92 Å². The van der Waals surface area contributed by atoms with Crippen LogP contribution in [0.15, 0.2) is 59.5 Å². The second-order valence-electron chi connectivity index (χ2n) is 8.47. The van der Waals surface area contributed by atoms with Crippen molar-refractivity contribution in [3.05, 3.63) is 82.0 Å². The lowest BCUT2D eigenvalue weighted by Crippen LogP contribution is -2.26. The van der Waals surface area contributed by atoms with Gasteiger partial charge in [-0.25, -0.2) is 4.98 Å². The number of nitrogens with one attached hydrogen (secondary N) is 3. The monoisotopic (exact) mass is 488 g/mol. The molecule has 0 fully saturated rings. The lowest BCUT2D eigenvalue weighted by atomic mass is 10.1. The van der Waals surface area contributed by atoms with Crippen molar-refractivity contribution in [1.82, 2.24) is 25.1 Å². The quantitative estimate of drug-likeness (QED) is 0.314. The first kappa shape index (κ1) is 24.6. The van der Waals surface area contributed by atoms with Crippen LogP contribution < -0.4 is 20.9 Å². The largest absolute Gasteiger partial charge is 0.484 e. The molecule has 0 atom stereocenters. The molecule has 0 aliphatic rings. The molecule has 186 valence electrons. The van der Waals surface area contributed by atoms with Gasteiger partial charge in [-0.1, -0.05) is 24.3 Å². The van der Waals surface area contributed by atoms with Gasteiger partial charge >= 0.3 is 0 Å². The number of benzene rings is 2. The molecule has 0 bridgehead atoms. The van der Waals surface area contributed by atoms with Crippen LogP contribution in [-0.4, -0.2) is 44.7 Å². The SMILES string of the molecule is Cc1cccc(NC(=O)COc2ccc(CCNC(=O)CCc3nc4c(cnn4C)c(=O)[nH]3)cc2)c1. The Kier molecular flexibility index (Phi) is 7.74. The Labute approximate surface area is 207 Å². The number of aromatic nitrogens is 4. The Bertz CT molecular complexity index is 1420. The molecule has 0 radical (unpaired) electrons. The molecule has 3 N–H and O–H groups in total. The van der Waals surface area contributed by atoms with Crippen LogP contribution in [0.3, 0.4) is 0 Å². The highest BCUT2D eigenvalue weighted by Crippen LogP contribution is 2.13. The summed E-state index contributed by atoms with van der Waals surface area (Å²) in [5, 5.41) is 10.1. The van der Waals surface area contributed by atoms with Crippen molar-refractivity contribution in [3.63, 3.8) is 0 Å². The van der Waals surface area contributed by atoms with Crippen LogP contribution in [0.5, 0.6) is 5.75 Å². The zero-order valence-electron chi connectivity index (χ0n) is 20.2. The van der Waals surface area contributed by atoms with Crippen molar-refractivity contribution in [1.29, 1.82) is 0 Å². The number of aromatic amines is 1. The number of aryl methyl sites for hydroxylation is 3. The van der Waals surface area contributed by atoms with Gasteiger partial charge in [-0.3, -0.25) is 19.1 Å². The van der Waals surface area contributed by atoms with Gasteiger partial charge in [0, 0.05) is 32.1 Å². The second kappa shape index (κ2) is 11.3. The topological polar surface area (TPSA) is 131 Å². The Morgan fingerprint density at radius 1 is 1.08 bits per heavy atom. The molecule has 4 aromatic rings. The number of ether oxygens (including phenoxy) is 1. The number of carbonyl (C=O) groups excluding carboxylic acids is 2. The van der Waals surface area contributed by atoms with E-state index >= 15 is 0 Å². The highest BCUT2D eigenvalue weighted by atomic mass is 16.5. The van der Waals surface area contributed by atoms with Crippen molar-refractivity contribution >= 4 is 28.5 Å². The van der Waals surface area contributed by atoms with E-state index in [9.17, 15) is 14.4 Å². The van der Waals surface area contributed by atoms with Gasteiger partial charge in [0.2, 0.25) is 5.91 Å². The van der Waals surface area contributed by atoms with E-state index < -0.39 is 0 Å². The fourth-order valence-corrected chi connectivity index (χ4v) is 3.68. The van der Waals surface area contributed by atoms with E-state index in [1.54, 1.807) is 19.2 Å². The van der Waals surface area contributed by atoms with E-state index in [4.69, 9.17) is 4.74 Å². The summed E-state index contributed by atoms with van der Waals surface area (Å²) in [6, 6.07) is 15.0. The Balaban J connectivity index is 1.17. The number of nitrogens with zero attached hydrogens (tertiary/aromatic N) is 3. The minimum atomic E-state index is -0.261. The van der Waals surface area contributed by atoms with Gasteiger partial charge < -0.3 is 20.4 Å². The van der Waals surface area contributed by atoms with Gasteiger partial charge in [0.25, 0.3) is 11.5 Å². The number of hydrogen-bond donors (Lipinski definition) is 3. The highest BCUT2D eigenvalue weighted by Gasteiger charge is 2.10. The minimum Gasteiger partial charge on any atom is -0.484 e. The standard InChI is InChI=1S/C26H28N6O4/c1-17-4-3-5-19(14-17)29-24(34)16-36-20-8-6-18(7-9-20)12-13-27-23(33)11-10-22-30-25-21(26(35)31-22)15-28-32(25)2/h3-9,14-15H,10-13,16H2,1-2H3,(H,27,33)(H,29,34)(H,30,31,35). The molecule has 2 aromatic carbocycles. The molecule has 36 heavy (non-hydrogen) atoms. The smallest absolute Gasteiger partial charge is 0.262 e. The molecule has 0 saturated carbocycles. The number of hydrogen-bond acceptors (Lipinski definition) is 6. The first-order chi connectivity index (χ1) is 17.4. The van der Waals surface area contributed by atoms with Gasteiger partial charge in [-0.05, 0) is 48.7 Å². The number of H-pyrrole nitrogens is 1. The number of fused-ring (bicyclic) bond motifs is 1. The van der Waals surface area contributed by atoms with Crippen molar-refractivity contribution in [2.24, 2.45) is 7.05 Å². The predicted molar refractivity (Wildman–Crippen MR) is 136 cm³/mol. The maximum atomic E-state index is 12.2. The summed E-state index contributed by atoms with van der Waals surface area (Å²) in [6.07, 6.45) is 2.66. The highest BCUT2D eigenvalue weighted by molar-refractivity contribution is 5.91. The van der Waals surface area contributed by atoms with Gasteiger partial charge in [-0.15, -0.1) is 0 Å². The Morgan fingerprint density at radius 2 is 1.89 bits per heavy atom. The average Bonchev–Trinajstić information content (AvgIpc) is 3.23. The van der Waals surface area contributed by atoms with Crippen LogP contribution in [0.25, 0.3) is 11.0 Å². The van der Waals surface area contributed by atoms with Crippen molar-refractivity contribution < 1.29 is 14.3 Å². The normalized spacial score (nSPS) is 10.8. The number of amides is 2. The lowest BCUT2D eigenvalue weighted by molar-refractivity contribution is -0.121. The summed E-state index contributed by atoms with van der Waals surface area (Å²) in [7, 11) is 1.72. The van der Waals surface area contributed by atoms with Crippen LogP contribution in [0.2, 0.25) is 0 Å². The van der Waals surface area contributed by atoms with E-state index in [-0.39, 0.29) is 30.4 Å². The molecule has 0 aliphatic carbocycles. The summed E-state index contributed by atoms with van der Waals surface area (Å²) < 4.78 is 7.09. The molecule has 10 heteroatoms. The Hall–Kier alpha value is -4.47. The fourth-order valence-electron chi connectivity index (χ4n) is 3.68. The van der Waals surface area contributed by atoms with E-state index in [0.717, 1.165) is 16.8 Å². The first-order valence-electron chi connectivity index (χ1n) is 11.6. The summed E-state index contributed by atoms with van der Waals surface area (Å²) in [5.41, 5.74) is 3.06. The molecule has 2 amide bonds. The van der Waals surface area contributed by atoms with E-state index in [1.165, 1.54) is 10.9 Å². The maximum Gasteiger partial charge on any atom is 0.262 e. The van der Waals surface area contributed by atoms with Gasteiger partial charge in [0.05, 0.1) is 6.20 Å². The molecule has 2 aromatic heterocycles. The minimum absolute atomic E-state index is 0.0863. The molecule has 4 rings (SSSR count). The molecule has 0 aliphatic heterocycles. The summed E-state index contributed by atoms with van der Waals surface area (Å²) in [5.74, 6) is 0.692. The van der Waals surface area contributed by atoms with Gasteiger partial charge in [0.1, 0.15) is 17.0 Å². The second-order valence-corrected chi connectivity index (χ2v) is 8.47. The zero-order valence-corrected chi connectivity index (χ0v) is 20.2. The molecular formula is C26H28N6O4. The zero-order chi connectivity index (χ0) is 25.5. The predicted octanol–water partition coefficient (Wildman–Crippen LogP) is 2.27. The third-order valence-corrected chi connectivity index (χ3v) is 5.57. The summed E-state index contributed by atoms with van der Waals surface area (Å²) in [6.45, 7) is 2.35. The van der Waals surface area contributed by atoms with Gasteiger partial charge in [0.15, 0.2) is 12.3 Å². The van der Waals surface area contributed by atoms with Crippen molar-refractivity contribution in [2.75, 3.05) is 18.5 Å². The summed E-state index contributed by atoms with van der Waals surface area (Å²) in [4.78, 5) is 43.5. The van der Waals surface area contributed by atoms with Gasteiger partial charge in [-0.2, -0.15) is 5.10 Å². The van der Waals surface area contributed by atoms with Crippen LogP contribution in [0.1, 0.15) is 23.4 Å². The van der Waals surface area contributed by atoms with E-state index in [2.05, 4.69) is 25.7 Å². The van der Waals surface area contributed by atoms with Crippen LogP contribution in [0.4, 0.5) is 5.69 Å². The third-order valence-electron chi connectivity index (χ3n) is 5.57. The summed E-state index contributed by atoms with van der Waals surface area (Å²) >= 11 is 0. The molecule has 0 saturated heterocycles. The first-order valence-corrected chi connectivity index (χ1v) is 11.6. The third kappa shape index (κ3) is 6.56. The Morgan fingerprint density at radius 3 is 2.67 bits per heavy atom. The fraction of sp³-hybridized carbons (Fsp3) is 0.269. The molecule has 0 unspecified atom stereocenters. The van der Waals surface area contributed by atoms with Crippen molar-refractivity contribution in [2.45, 2.75) is 26.2 Å². The van der Waals surface area contributed by atoms with E-state index in [0.29, 0.717) is 42.0 Å². The number of rotatable bonds is 10. The van der Waals surface area contributed by atoms with Crippen LogP contribution in [-0.2, 0) is 29.5 Å². The maximum absolute atomic E-state index is 12.2. The van der Waals surface area contributed by atoms with Crippen molar-refractivity contribution in [3.8, 4) is 5.75 Å². The molecule has 0 spiro atoms. The number of anilines is 1. The number of carbonyl (C=O) groups is 2. The van der Waals surface area contributed by atoms with Crippen LogP contribution >= 0.6 is 0 Å². The van der Waals surface area contributed by atoms with E-state index in [1.807, 2.05) is 43.3 Å². The molecule has 2 heterocycles. The molecular weight excluding hydrogens is 460 g/mol. The molecule has 10 nitrogen and oxygen atoms in total. The lowest BCUT2D eigenvalue weighted by Gasteiger charge is -2.09.